The zero-order valence-electron chi connectivity index (χ0n) is 26.4. The van der Waals surface area contributed by atoms with Crippen LogP contribution in [-0.2, 0) is 16.4 Å². The molecule has 0 heterocycles. The first-order valence-corrected chi connectivity index (χ1v) is 16.8. The lowest BCUT2D eigenvalue weighted by atomic mass is 10.00. The van der Waals surface area contributed by atoms with Gasteiger partial charge in [-0.2, -0.15) is 0 Å². The van der Waals surface area contributed by atoms with Gasteiger partial charge in [0.15, 0.2) is 0 Å². The topological polar surface area (TPSA) is 131 Å². The highest BCUT2D eigenvalue weighted by molar-refractivity contribution is 7.92. The summed E-state index contributed by atoms with van der Waals surface area (Å²) in [6.07, 6.45) is 0.365. The largest absolute Gasteiger partial charge is 0.390 e. The maximum atomic E-state index is 13.8. The second kappa shape index (κ2) is 15.5. The number of amides is 2. The predicted molar refractivity (Wildman–Crippen MR) is 182 cm³/mol. The van der Waals surface area contributed by atoms with Crippen molar-refractivity contribution in [2.45, 2.75) is 31.5 Å². The quantitative estimate of drug-likeness (QED) is 0.153. The van der Waals surface area contributed by atoms with E-state index in [1.165, 1.54) is 25.2 Å². The van der Waals surface area contributed by atoms with Crippen LogP contribution >= 0.6 is 0 Å². The molecule has 4 aromatic rings. The normalized spacial score (nSPS) is 13.2. The zero-order chi connectivity index (χ0) is 33.3. The van der Waals surface area contributed by atoms with Crippen LogP contribution in [0.15, 0.2) is 109 Å². The molecule has 0 bridgehead atoms. The Morgan fingerprint density at radius 3 is 1.85 bits per heavy atom. The SMILES string of the molecule is CC(NC(=O)c1cc(C(=O)NC(Cc2ccccc2)C(O)CNN(C)c2ccccc2)cc(N(C)S(C)(=O)=O)c1)c1ccccc1. The number of anilines is 2. The Kier molecular flexibility index (Phi) is 11.5. The van der Waals surface area contributed by atoms with Crippen molar-refractivity contribution in [2.75, 3.05) is 36.2 Å². The molecular formula is C35H41N5O5S. The molecule has 0 radical (unpaired) electrons. The fourth-order valence-electron chi connectivity index (χ4n) is 4.87. The number of para-hydroxylation sites is 1. The molecule has 4 rings (SSSR count). The number of hydrazine groups is 1. The van der Waals surface area contributed by atoms with Crippen LogP contribution in [0.3, 0.4) is 0 Å². The third kappa shape index (κ3) is 9.40. The monoisotopic (exact) mass is 643 g/mol. The van der Waals surface area contributed by atoms with E-state index in [4.69, 9.17) is 0 Å². The second-order valence-corrected chi connectivity index (χ2v) is 13.2. The molecule has 0 aliphatic heterocycles. The Balaban J connectivity index is 1.60. The van der Waals surface area contributed by atoms with E-state index in [0.717, 1.165) is 27.4 Å². The third-order valence-corrected chi connectivity index (χ3v) is 8.92. The van der Waals surface area contributed by atoms with E-state index >= 15 is 0 Å². The fraction of sp³-hybridized carbons (Fsp3) is 0.257. The van der Waals surface area contributed by atoms with Crippen molar-refractivity contribution in [1.29, 1.82) is 0 Å². The van der Waals surface area contributed by atoms with E-state index in [0.29, 0.717) is 6.42 Å². The number of nitrogens with one attached hydrogen (secondary N) is 3. The van der Waals surface area contributed by atoms with Gasteiger partial charge in [-0.25, -0.2) is 13.8 Å². The lowest BCUT2D eigenvalue weighted by Crippen LogP contribution is -2.51. The highest BCUT2D eigenvalue weighted by Crippen LogP contribution is 2.22. The van der Waals surface area contributed by atoms with Crippen molar-refractivity contribution in [3.63, 3.8) is 0 Å². The number of aliphatic hydroxyl groups excluding tert-OH is 1. The Hall–Kier alpha value is -4.71. The first-order valence-electron chi connectivity index (χ1n) is 14.9. The van der Waals surface area contributed by atoms with Gasteiger partial charge in [0.05, 0.1) is 35.8 Å². The molecule has 0 fully saturated rings. The molecule has 0 aromatic heterocycles. The van der Waals surface area contributed by atoms with Gasteiger partial charge >= 0.3 is 0 Å². The van der Waals surface area contributed by atoms with Gasteiger partial charge in [-0.1, -0.05) is 78.9 Å². The van der Waals surface area contributed by atoms with Crippen LogP contribution < -0.4 is 25.4 Å². The number of sulfonamides is 1. The molecule has 4 aromatic carbocycles. The van der Waals surface area contributed by atoms with E-state index in [-0.39, 0.29) is 29.4 Å². The molecule has 3 unspecified atom stereocenters. The first-order chi connectivity index (χ1) is 21.9. The number of aliphatic hydroxyl groups is 1. The fourth-order valence-corrected chi connectivity index (χ4v) is 5.36. The molecule has 0 aliphatic carbocycles. The lowest BCUT2D eigenvalue weighted by Gasteiger charge is -2.28. The highest BCUT2D eigenvalue weighted by atomic mass is 32.2. The van der Waals surface area contributed by atoms with Gasteiger partial charge in [0.2, 0.25) is 10.0 Å². The minimum absolute atomic E-state index is 0.0742. The molecule has 11 heteroatoms. The molecule has 0 aliphatic rings. The Morgan fingerprint density at radius 1 is 0.761 bits per heavy atom. The van der Waals surface area contributed by atoms with E-state index in [1.54, 1.807) is 5.01 Å². The molecule has 242 valence electrons. The summed E-state index contributed by atoms with van der Waals surface area (Å²) in [7, 11) is -0.512. The van der Waals surface area contributed by atoms with Crippen molar-refractivity contribution >= 4 is 33.2 Å². The first kappa shape index (κ1) is 34.2. The molecule has 4 N–H and O–H groups in total. The number of benzene rings is 4. The van der Waals surface area contributed by atoms with Gasteiger partial charge in [0.1, 0.15) is 0 Å². The highest BCUT2D eigenvalue weighted by Gasteiger charge is 2.25. The van der Waals surface area contributed by atoms with Crippen molar-refractivity contribution in [2.24, 2.45) is 0 Å². The number of rotatable bonds is 14. The van der Waals surface area contributed by atoms with Gasteiger partial charge in [-0.15, -0.1) is 0 Å². The predicted octanol–water partition coefficient (Wildman–Crippen LogP) is 3.92. The summed E-state index contributed by atoms with van der Waals surface area (Å²) in [5.41, 5.74) is 6.22. The number of carbonyl (C=O) groups is 2. The summed E-state index contributed by atoms with van der Waals surface area (Å²) in [6.45, 7) is 1.97. The van der Waals surface area contributed by atoms with Crippen LogP contribution in [0.4, 0.5) is 11.4 Å². The second-order valence-electron chi connectivity index (χ2n) is 11.2. The molecular weight excluding hydrogens is 602 g/mol. The van der Waals surface area contributed by atoms with Gasteiger partial charge in [-0.3, -0.25) is 13.9 Å². The molecule has 3 atom stereocenters. The van der Waals surface area contributed by atoms with Crippen molar-refractivity contribution < 1.29 is 23.1 Å². The molecule has 0 saturated heterocycles. The van der Waals surface area contributed by atoms with Gasteiger partial charge in [0.25, 0.3) is 11.8 Å². The van der Waals surface area contributed by atoms with Crippen LogP contribution in [0.1, 0.15) is 44.8 Å². The molecule has 46 heavy (non-hydrogen) atoms. The van der Waals surface area contributed by atoms with Crippen LogP contribution in [0.2, 0.25) is 0 Å². The smallest absolute Gasteiger partial charge is 0.251 e. The van der Waals surface area contributed by atoms with Crippen molar-refractivity contribution in [3.8, 4) is 0 Å². The summed E-state index contributed by atoms with van der Waals surface area (Å²) >= 11 is 0. The number of carbonyl (C=O) groups excluding carboxylic acids is 2. The maximum Gasteiger partial charge on any atom is 0.251 e. The van der Waals surface area contributed by atoms with Crippen LogP contribution in [0.25, 0.3) is 0 Å². The summed E-state index contributed by atoms with van der Waals surface area (Å²) in [6, 6.07) is 31.7. The summed E-state index contributed by atoms with van der Waals surface area (Å²) in [5.74, 6) is -1.03. The number of nitrogens with zero attached hydrogens (tertiary/aromatic N) is 2. The van der Waals surface area contributed by atoms with Crippen LogP contribution in [0.5, 0.6) is 0 Å². The van der Waals surface area contributed by atoms with Crippen LogP contribution in [0, 0.1) is 0 Å². The van der Waals surface area contributed by atoms with E-state index in [1.807, 2.05) is 105 Å². The third-order valence-electron chi connectivity index (χ3n) is 7.71. The molecule has 2 amide bonds. The summed E-state index contributed by atoms with van der Waals surface area (Å²) in [4.78, 5) is 27.2. The molecule has 10 nitrogen and oxygen atoms in total. The number of hydrogen-bond acceptors (Lipinski definition) is 7. The Labute approximate surface area is 271 Å². The van der Waals surface area contributed by atoms with Crippen molar-refractivity contribution in [1.82, 2.24) is 16.1 Å². The standard InChI is InChI=1S/C35H41N5O5S/c1-25(27-16-10-6-11-17-27)37-34(42)28-21-29(23-31(22-28)40(3)46(4,44)45)35(43)38-32(20-26-14-8-5-9-15-26)33(41)24-36-39(2)30-18-12-7-13-19-30/h5-19,21-23,25,32-33,36,41H,20,24H2,1-4H3,(H,37,42)(H,38,43). The molecule has 0 spiro atoms. The van der Waals surface area contributed by atoms with Gasteiger partial charge in [0, 0.05) is 31.8 Å². The van der Waals surface area contributed by atoms with E-state index in [2.05, 4.69) is 16.1 Å². The van der Waals surface area contributed by atoms with Crippen LogP contribution in [-0.4, -0.2) is 64.4 Å². The van der Waals surface area contributed by atoms with E-state index < -0.39 is 34.0 Å². The van der Waals surface area contributed by atoms with Gasteiger partial charge < -0.3 is 20.7 Å². The van der Waals surface area contributed by atoms with Gasteiger partial charge in [-0.05, 0) is 54.8 Å². The lowest BCUT2D eigenvalue weighted by molar-refractivity contribution is 0.0830. The average Bonchev–Trinajstić information content (AvgIpc) is 3.06. The number of hydrogen-bond donors (Lipinski definition) is 4. The summed E-state index contributed by atoms with van der Waals surface area (Å²) in [5, 5.41) is 19.0. The maximum absolute atomic E-state index is 13.8. The zero-order valence-corrected chi connectivity index (χ0v) is 27.2. The van der Waals surface area contributed by atoms with E-state index in [9.17, 15) is 23.1 Å². The Bertz CT molecular complexity index is 1710. The minimum Gasteiger partial charge on any atom is -0.390 e. The summed E-state index contributed by atoms with van der Waals surface area (Å²) < 4.78 is 25.9. The minimum atomic E-state index is -3.71. The van der Waals surface area contributed by atoms with Crippen molar-refractivity contribution in [3.05, 3.63) is 131 Å². The average molecular weight is 644 g/mol. The Morgan fingerprint density at radius 2 is 1.28 bits per heavy atom. The molecule has 0 saturated carbocycles.